The van der Waals surface area contributed by atoms with Crippen molar-refractivity contribution in [2.24, 2.45) is 0 Å². The fourth-order valence-electron chi connectivity index (χ4n) is 2.66. The van der Waals surface area contributed by atoms with Crippen LogP contribution in [0.1, 0.15) is 12.7 Å². The fraction of sp³-hybridized carbons (Fsp3) is 0.300. The maximum atomic E-state index is 12.4. The first-order chi connectivity index (χ1) is 13.2. The van der Waals surface area contributed by atoms with Gasteiger partial charge in [0.05, 0.1) is 19.8 Å². The highest BCUT2D eigenvalue weighted by Crippen LogP contribution is 2.22. The summed E-state index contributed by atoms with van der Waals surface area (Å²) in [6, 6.07) is 12.5. The smallest absolute Gasteiger partial charge is 0.266 e. The van der Waals surface area contributed by atoms with Gasteiger partial charge < -0.3 is 24.1 Å². The minimum Gasteiger partial charge on any atom is -0.494 e. The molecule has 0 aliphatic carbocycles. The van der Waals surface area contributed by atoms with E-state index in [1.165, 1.54) is 6.08 Å². The monoisotopic (exact) mass is 367 g/mol. The zero-order valence-electron chi connectivity index (χ0n) is 15.1. The van der Waals surface area contributed by atoms with Crippen LogP contribution in [0.5, 0.6) is 5.75 Å². The molecule has 2 heterocycles. The van der Waals surface area contributed by atoms with Crippen LogP contribution in [0.4, 0.5) is 11.6 Å². The lowest BCUT2D eigenvalue weighted by Gasteiger charge is -2.26. The van der Waals surface area contributed by atoms with E-state index in [1.807, 2.05) is 19.1 Å². The van der Waals surface area contributed by atoms with E-state index in [-0.39, 0.29) is 5.57 Å². The lowest BCUT2D eigenvalue weighted by Crippen LogP contribution is -2.35. The fourth-order valence-corrected chi connectivity index (χ4v) is 2.66. The molecule has 0 atom stereocenters. The molecule has 1 fully saturated rings. The van der Waals surface area contributed by atoms with E-state index >= 15 is 0 Å². The third-order valence-corrected chi connectivity index (χ3v) is 4.01. The molecule has 1 amide bonds. The summed E-state index contributed by atoms with van der Waals surface area (Å²) in [7, 11) is 0. The summed E-state index contributed by atoms with van der Waals surface area (Å²) in [6.45, 7) is 5.28. The van der Waals surface area contributed by atoms with Gasteiger partial charge in [-0.05, 0) is 37.3 Å². The first-order valence-corrected chi connectivity index (χ1v) is 8.78. The van der Waals surface area contributed by atoms with Gasteiger partial charge in [0.25, 0.3) is 5.91 Å². The second-order valence-corrected chi connectivity index (χ2v) is 5.86. The molecule has 0 bridgehead atoms. The molecule has 1 aliphatic rings. The zero-order chi connectivity index (χ0) is 19.1. The van der Waals surface area contributed by atoms with Crippen LogP contribution in [0.2, 0.25) is 0 Å². The number of amides is 1. The van der Waals surface area contributed by atoms with Gasteiger partial charge in [-0.25, -0.2) is 0 Å². The van der Waals surface area contributed by atoms with E-state index in [9.17, 15) is 10.1 Å². The van der Waals surface area contributed by atoms with E-state index in [4.69, 9.17) is 13.9 Å². The van der Waals surface area contributed by atoms with Crippen LogP contribution in [-0.2, 0) is 9.53 Å². The predicted molar refractivity (Wildman–Crippen MR) is 102 cm³/mol. The molecule has 7 nitrogen and oxygen atoms in total. The van der Waals surface area contributed by atoms with Crippen molar-refractivity contribution in [3.8, 4) is 11.8 Å². The molecule has 0 saturated carbocycles. The van der Waals surface area contributed by atoms with Gasteiger partial charge >= 0.3 is 0 Å². The van der Waals surface area contributed by atoms with Gasteiger partial charge in [-0.2, -0.15) is 5.26 Å². The Morgan fingerprint density at radius 2 is 2.00 bits per heavy atom. The molecule has 0 spiro atoms. The number of anilines is 2. The van der Waals surface area contributed by atoms with E-state index in [1.54, 1.807) is 30.3 Å². The van der Waals surface area contributed by atoms with Gasteiger partial charge in [-0.1, -0.05) is 0 Å². The molecule has 0 unspecified atom stereocenters. The number of nitrogens with one attached hydrogen (secondary N) is 1. The lowest BCUT2D eigenvalue weighted by molar-refractivity contribution is -0.112. The minimum absolute atomic E-state index is 0.0354. The molecule has 3 rings (SSSR count). The Morgan fingerprint density at radius 3 is 2.67 bits per heavy atom. The first-order valence-electron chi connectivity index (χ1n) is 8.78. The molecule has 1 aromatic heterocycles. The Balaban J connectivity index is 1.67. The number of hydrogen-bond acceptors (Lipinski definition) is 6. The first kappa shape index (κ1) is 18.5. The molecular weight excluding hydrogens is 346 g/mol. The van der Waals surface area contributed by atoms with Crippen molar-refractivity contribution in [3.05, 3.63) is 47.7 Å². The number of benzene rings is 1. The normalized spacial score (nSPS) is 14.5. The molecule has 1 aliphatic heterocycles. The Bertz CT molecular complexity index is 843. The van der Waals surface area contributed by atoms with Gasteiger partial charge in [0.15, 0.2) is 5.88 Å². The number of furan rings is 1. The van der Waals surface area contributed by atoms with E-state index < -0.39 is 5.91 Å². The van der Waals surface area contributed by atoms with E-state index in [2.05, 4.69) is 10.2 Å². The third kappa shape index (κ3) is 4.90. The summed E-state index contributed by atoms with van der Waals surface area (Å²) in [5.41, 5.74) is 0.546. The summed E-state index contributed by atoms with van der Waals surface area (Å²) >= 11 is 0. The number of carbonyl (C=O) groups excluding carboxylic acids is 1. The Hall–Kier alpha value is -3.24. The van der Waals surface area contributed by atoms with Crippen molar-refractivity contribution in [2.75, 3.05) is 43.1 Å². The lowest BCUT2D eigenvalue weighted by atomic mass is 10.2. The van der Waals surface area contributed by atoms with Crippen LogP contribution >= 0.6 is 0 Å². The summed E-state index contributed by atoms with van der Waals surface area (Å²) in [6.07, 6.45) is 1.44. The maximum absolute atomic E-state index is 12.4. The van der Waals surface area contributed by atoms with Gasteiger partial charge in [-0.3, -0.25) is 4.79 Å². The molecule has 2 aromatic rings. The molecule has 1 N–H and O–H groups in total. The molecule has 1 aromatic carbocycles. The second-order valence-electron chi connectivity index (χ2n) is 5.86. The quantitative estimate of drug-likeness (QED) is 0.624. The van der Waals surface area contributed by atoms with Crippen molar-refractivity contribution in [2.45, 2.75) is 6.92 Å². The highest BCUT2D eigenvalue weighted by Gasteiger charge is 2.15. The molecule has 7 heteroatoms. The van der Waals surface area contributed by atoms with Crippen molar-refractivity contribution in [1.29, 1.82) is 5.26 Å². The number of hydrogen-bond donors (Lipinski definition) is 1. The average Bonchev–Trinajstić information content (AvgIpc) is 3.17. The van der Waals surface area contributed by atoms with E-state index in [0.29, 0.717) is 37.2 Å². The second kappa shape index (κ2) is 8.92. The van der Waals surface area contributed by atoms with Crippen molar-refractivity contribution >= 4 is 23.6 Å². The maximum Gasteiger partial charge on any atom is 0.266 e. The zero-order valence-corrected chi connectivity index (χ0v) is 15.1. The summed E-state index contributed by atoms with van der Waals surface area (Å²) in [5, 5.41) is 12.0. The summed E-state index contributed by atoms with van der Waals surface area (Å²) in [5.74, 6) is 1.38. The highest BCUT2D eigenvalue weighted by molar-refractivity contribution is 6.09. The van der Waals surface area contributed by atoms with Crippen molar-refractivity contribution < 1.29 is 18.7 Å². The molecule has 27 heavy (non-hydrogen) atoms. The molecule has 0 radical (unpaired) electrons. The predicted octanol–water partition coefficient (Wildman–Crippen LogP) is 3.06. The topological polar surface area (TPSA) is 87.7 Å². The minimum atomic E-state index is -0.494. The van der Waals surface area contributed by atoms with Gasteiger partial charge in [-0.15, -0.1) is 0 Å². The summed E-state index contributed by atoms with van der Waals surface area (Å²) in [4.78, 5) is 14.4. The van der Waals surface area contributed by atoms with Crippen LogP contribution in [-0.4, -0.2) is 38.8 Å². The number of rotatable bonds is 6. The van der Waals surface area contributed by atoms with Crippen LogP contribution in [0.15, 0.2) is 46.4 Å². The van der Waals surface area contributed by atoms with Crippen LogP contribution in [0.3, 0.4) is 0 Å². The molecule has 1 saturated heterocycles. The number of nitrogens with zero attached hydrogens (tertiary/aromatic N) is 2. The SMILES string of the molecule is CCOc1ccc(NC(=O)/C(C#N)=C\c2ccc(N3CCOCC3)o2)cc1. The van der Waals surface area contributed by atoms with Gasteiger partial charge in [0, 0.05) is 30.9 Å². The van der Waals surface area contributed by atoms with Crippen LogP contribution < -0.4 is 15.0 Å². The van der Waals surface area contributed by atoms with Crippen LogP contribution in [0, 0.1) is 11.3 Å². The molecule has 140 valence electrons. The van der Waals surface area contributed by atoms with Crippen molar-refractivity contribution in [1.82, 2.24) is 0 Å². The Labute approximate surface area is 157 Å². The Kier molecular flexibility index (Phi) is 6.13. The van der Waals surface area contributed by atoms with Gasteiger partial charge in [0.2, 0.25) is 0 Å². The number of morpholine rings is 1. The number of carbonyl (C=O) groups is 1. The van der Waals surface area contributed by atoms with Crippen LogP contribution in [0.25, 0.3) is 6.08 Å². The van der Waals surface area contributed by atoms with Crippen molar-refractivity contribution in [3.63, 3.8) is 0 Å². The molecular formula is C20H21N3O4. The summed E-state index contributed by atoms with van der Waals surface area (Å²) < 4.78 is 16.4. The van der Waals surface area contributed by atoms with Gasteiger partial charge in [0.1, 0.15) is 23.2 Å². The highest BCUT2D eigenvalue weighted by atomic mass is 16.5. The average molecular weight is 367 g/mol. The largest absolute Gasteiger partial charge is 0.494 e. The number of nitriles is 1. The Morgan fingerprint density at radius 1 is 1.26 bits per heavy atom. The van der Waals surface area contributed by atoms with E-state index in [0.717, 1.165) is 18.8 Å². The third-order valence-electron chi connectivity index (χ3n) is 4.01. The standard InChI is InChI=1S/C20H21N3O4/c1-2-26-17-5-3-16(4-6-17)22-20(24)15(14-21)13-18-7-8-19(27-18)23-9-11-25-12-10-23/h3-8,13H,2,9-12H2,1H3,(H,22,24)/b15-13-. The number of ether oxygens (including phenoxy) is 2.